The number of aromatic carboxylic acids is 1. The van der Waals surface area contributed by atoms with Crippen LogP contribution >= 0.6 is 0 Å². The SMILES string of the molecule is CC(C)(C)OC(=O)N1CCC(NCc2ccc(C(=O)O)o2)CC1. The van der Waals surface area contributed by atoms with E-state index in [1.54, 1.807) is 11.0 Å². The first kappa shape index (κ1) is 17.3. The van der Waals surface area contributed by atoms with E-state index < -0.39 is 11.6 Å². The number of likely N-dealkylation sites (tertiary alicyclic amines) is 1. The molecule has 1 saturated heterocycles. The van der Waals surface area contributed by atoms with E-state index in [-0.39, 0.29) is 17.9 Å². The summed E-state index contributed by atoms with van der Waals surface area (Å²) in [5, 5.41) is 12.1. The second-order valence-electron chi connectivity index (χ2n) is 6.69. The van der Waals surface area contributed by atoms with Crippen molar-refractivity contribution in [1.82, 2.24) is 10.2 Å². The fourth-order valence-corrected chi connectivity index (χ4v) is 2.43. The van der Waals surface area contributed by atoms with Gasteiger partial charge in [0.25, 0.3) is 0 Å². The first-order chi connectivity index (χ1) is 10.7. The molecule has 0 spiro atoms. The van der Waals surface area contributed by atoms with Crippen LogP contribution in [-0.2, 0) is 11.3 Å². The molecule has 0 unspecified atom stereocenters. The van der Waals surface area contributed by atoms with E-state index >= 15 is 0 Å². The van der Waals surface area contributed by atoms with Gasteiger partial charge < -0.3 is 24.5 Å². The van der Waals surface area contributed by atoms with Gasteiger partial charge in [0.05, 0.1) is 6.54 Å². The van der Waals surface area contributed by atoms with Crippen LogP contribution in [0.2, 0.25) is 0 Å². The maximum Gasteiger partial charge on any atom is 0.410 e. The molecule has 0 aliphatic carbocycles. The molecule has 23 heavy (non-hydrogen) atoms. The van der Waals surface area contributed by atoms with E-state index in [9.17, 15) is 9.59 Å². The van der Waals surface area contributed by atoms with Crippen molar-refractivity contribution >= 4 is 12.1 Å². The van der Waals surface area contributed by atoms with Crippen molar-refractivity contribution in [2.45, 2.75) is 51.8 Å². The highest BCUT2D eigenvalue weighted by molar-refractivity contribution is 5.84. The van der Waals surface area contributed by atoms with Crippen LogP contribution in [-0.4, -0.2) is 46.8 Å². The van der Waals surface area contributed by atoms with Gasteiger partial charge in [-0.15, -0.1) is 0 Å². The highest BCUT2D eigenvalue weighted by Gasteiger charge is 2.26. The fourth-order valence-electron chi connectivity index (χ4n) is 2.43. The molecule has 2 heterocycles. The van der Waals surface area contributed by atoms with Crippen LogP contribution in [0, 0.1) is 0 Å². The molecule has 7 nitrogen and oxygen atoms in total. The van der Waals surface area contributed by atoms with E-state index in [4.69, 9.17) is 14.3 Å². The summed E-state index contributed by atoms with van der Waals surface area (Å²) in [6, 6.07) is 3.38. The van der Waals surface area contributed by atoms with Gasteiger partial charge in [-0.25, -0.2) is 9.59 Å². The van der Waals surface area contributed by atoms with Gasteiger partial charge >= 0.3 is 12.1 Å². The number of nitrogens with zero attached hydrogens (tertiary/aromatic N) is 1. The summed E-state index contributed by atoms with van der Waals surface area (Å²) in [4.78, 5) is 24.5. The maximum absolute atomic E-state index is 12.0. The maximum atomic E-state index is 12.0. The Morgan fingerprint density at radius 2 is 2.00 bits per heavy atom. The van der Waals surface area contributed by atoms with Crippen molar-refractivity contribution in [3.8, 4) is 0 Å². The molecule has 0 atom stereocenters. The zero-order chi connectivity index (χ0) is 17.0. The van der Waals surface area contributed by atoms with Crippen LogP contribution in [0.5, 0.6) is 0 Å². The van der Waals surface area contributed by atoms with Gasteiger partial charge in [0.15, 0.2) is 0 Å². The second kappa shape index (κ2) is 7.04. The molecule has 1 aliphatic heterocycles. The molecule has 1 aromatic heterocycles. The van der Waals surface area contributed by atoms with Crippen molar-refractivity contribution in [2.75, 3.05) is 13.1 Å². The first-order valence-corrected chi connectivity index (χ1v) is 7.78. The molecule has 1 aliphatic rings. The number of amides is 1. The number of rotatable bonds is 4. The summed E-state index contributed by atoms with van der Waals surface area (Å²) >= 11 is 0. The monoisotopic (exact) mass is 324 g/mol. The van der Waals surface area contributed by atoms with Crippen molar-refractivity contribution in [1.29, 1.82) is 0 Å². The van der Waals surface area contributed by atoms with Gasteiger partial charge in [0.1, 0.15) is 11.4 Å². The third-order valence-electron chi connectivity index (χ3n) is 3.58. The van der Waals surface area contributed by atoms with Crippen LogP contribution in [0.25, 0.3) is 0 Å². The predicted molar refractivity (Wildman–Crippen MR) is 83.3 cm³/mol. The summed E-state index contributed by atoms with van der Waals surface area (Å²) in [6.45, 7) is 7.33. The number of carboxylic acid groups (broad SMARTS) is 1. The topological polar surface area (TPSA) is 92.0 Å². The lowest BCUT2D eigenvalue weighted by molar-refractivity contribution is 0.0197. The van der Waals surface area contributed by atoms with Gasteiger partial charge in [-0.1, -0.05) is 0 Å². The second-order valence-corrected chi connectivity index (χ2v) is 6.69. The minimum Gasteiger partial charge on any atom is -0.475 e. The lowest BCUT2D eigenvalue weighted by Gasteiger charge is -2.33. The van der Waals surface area contributed by atoms with Gasteiger partial charge in [-0.05, 0) is 45.7 Å². The van der Waals surface area contributed by atoms with Crippen LogP contribution < -0.4 is 5.32 Å². The molecule has 1 amide bonds. The summed E-state index contributed by atoms with van der Waals surface area (Å²) in [6.07, 6.45) is 1.38. The fraction of sp³-hybridized carbons (Fsp3) is 0.625. The molecule has 0 aromatic carbocycles. The highest BCUT2D eigenvalue weighted by Crippen LogP contribution is 2.16. The predicted octanol–water partition coefficient (Wildman–Crippen LogP) is 2.47. The number of piperidine rings is 1. The van der Waals surface area contributed by atoms with Crippen molar-refractivity contribution in [3.05, 3.63) is 23.7 Å². The number of hydrogen-bond donors (Lipinski definition) is 2. The van der Waals surface area contributed by atoms with E-state index in [0.29, 0.717) is 25.4 Å². The molecule has 1 fully saturated rings. The number of nitrogens with one attached hydrogen (secondary N) is 1. The average Bonchev–Trinajstić information content (AvgIpc) is 2.93. The molecular weight excluding hydrogens is 300 g/mol. The smallest absolute Gasteiger partial charge is 0.410 e. The Balaban J connectivity index is 1.74. The lowest BCUT2D eigenvalue weighted by atomic mass is 10.1. The normalized spacial score (nSPS) is 16.4. The third kappa shape index (κ3) is 5.28. The lowest BCUT2D eigenvalue weighted by Crippen LogP contribution is -2.46. The number of hydrogen-bond acceptors (Lipinski definition) is 5. The molecule has 1 aromatic rings. The van der Waals surface area contributed by atoms with Crippen LogP contribution in [0.15, 0.2) is 16.5 Å². The quantitative estimate of drug-likeness (QED) is 0.884. The van der Waals surface area contributed by atoms with Crippen molar-refractivity contribution < 1.29 is 23.8 Å². The molecular formula is C16H24N2O5. The standard InChI is InChI=1S/C16H24N2O5/c1-16(2,3)23-15(21)18-8-6-11(7-9-18)17-10-12-4-5-13(22-12)14(19)20/h4-5,11,17H,6-10H2,1-3H3,(H,19,20). The van der Waals surface area contributed by atoms with Crippen molar-refractivity contribution in [3.63, 3.8) is 0 Å². The summed E-state index contributed by atoms with van der Waals surface area (Å²) in [5.41, 5.74) is -0.479. The number of furan rings is 1. The Hall–Kier alpha value is -2.02. The molecule has 2 N–H and O–H groups in total. The molecule has 0 bridgehead atoms. The minimum atomic E-state index is -1.07. The summed E-state index contributed by atoms with van der Waals surface area (Å²) in [7, 11) is 0. The molecule has 7 heteroatoms. The van der Waals surface area contributed by atoms with E-state index in [0.717, 1.165) is 12.8 Å². The van der Waals surface area contributed by atoms with Gasteiger partial charge in [0, 0.05) is 19.1 Å². The minimum absolute atomic E-state index is 0.0541. The van der Waals surface area contributed by atoms with Crippen LogP contribution in [0.3, 0.4) is 0 Å². The van der Waals surface area contributed by atoms with E-state index in [2.05, 4.69) is 5.32 Å². The largest absolute Gasteiger partial charge is 0.475 e. The molecule has 0 saturated carbocycles. The average molecular weight is 324 g/mol. The molecule has 0 radical (unpaired) electrons. The number of carbonyl (C=O) groups excluding carboxylic acids is 1. The first-order valence-electron chi connectivity index (χ1n) is 7.78. The van der Waals surface area contributed by atoms with Gasteiger partial charge in [0.2, 0.25) is 5.76 Å². The zero-order valence-corrected chi connectivity index (χ0v) is 13.8. The Labute approximate surface area is 135 Å². The van der Waals surface area contributed by atoms with Gasteiger partial charge in [-0.3, -0.25) is 0 Å². The number of carboxylic acids is 1. The van der Waals surface area contributed by atoms with Crippen molar-refractivity contribution in [2.24, 2.45) is 0 Å². The van der Waals surface area contributed by atoms with E-state index in [1.165, 1.54) is 6.07 Å². The zero-order valence-electron chi connectivity index (χ0n) is 13.8. The van der Waals surface area contributed by atoms with E-state index in [1.807, 2.05) is 20.8 Å². The van der Waals surface area contributed by atoms with Gasteiger partial charge in [-0.2, -0.15) is 0 Å². The Bertz CT molecular complexity index is 553. The Kier molecular flexibility index (Phi) is 5.30. The molecule has 2 rings (SSSR count). The third-order valence-corrected chi connectivity index (χ3v) is 3.58. The number of ether oxygens (including phenoxy) is 1. The Morgan fingerprint density at radius 1 is 1.35 bits per heavy atom. The highest BCUT2D eigenvalue weighted by atomic mass is 16.6. The van der Waals surface area contributed by atoms with Crippen LogP contribution in [0.4, 0.5) is 4.79 Å². The Morgan fingerprint density at radius 3 is 2.52 bits per heavy atom. The molecule has 128 valence electrons. The number of carbonyl (C=O) groups is 2. The summed E-state index contributed by atoms with van der Waals surface area (Å²) in [5.74, 6) is -0.527. The summed E-state index contributed by atoms with van der Waals surface area (Å²) < 4.78 is 10.6. The van der Waals surface area contributed by atoms with Crippen LogP contribution in [0.1, 0.15) is 49.9 Å².